The molecule has 0 atom stereocenters. The van der Waals surface area contributed by atoms with Gasteiger partial charge in [-0.25, -0.2) is 0 Å². The zero-order valence-corrected chi connectivity index (χ0v) is 7.26. The molecule has 74 valence electrons. The Labute approximate surface area is 78.7 Å². The number of benzene rings is 1. The van der Waals surface area contributed by atoms with Crippen molar-refractivity contribution in [3.05, 3.63) is 38.4 Å². The van der Waals surface area contributed by atoms with Crippen LogP contribution in [0.1, 0.15) is 0 Å². The van der Waals surface area contributed by atoms with Crippen molar-refractivity contribution in [3.63, 3.8) is 0 Å². The number of anilines is 1. The number of nitrogens with zero attached hydrogens (tertiary/aromatic N) is 2. The van der Waals surface area contributed by atoms with Crippen LogP contribution in [-0.4, -0.2) is 16.9 Å². The highest BCUT2D eigenvalue weighted by Gasteiger charge is 2.17. The van der Waals surface area contributed by atoms with Gasteiger partial charge in [-0.2, -0.15) is 0 Å². The molecule has 14 heavy (non-hydrogen) atoms. The molecule has 1 aromatic carbocycles. The van der Waals surface area contributed by atoms with E-state index in [0.29, 0.717) is 0 Å². The van der Waals surface area contributed by atoms with E-state index in [4.69, 9.17) is 0 Å². The van der Waals surface area contributed by atoms with Gasteiger partial charge in [-0.1, -0.05) is 0 Å². The van der Waals surface area contributed by atoms with Gasteiger partial charge in [-0.3, -0.25) is 20.2 Å². The van der Waals surface area contributed by atoms with Gasteiger partial charge >= 0.3 is 0 Å². The summed E-state index contributed by atoms with van der Waals surface area (Å²) in [5, 5.41) is 23.4. The second kappa shape index (κ2) is 3.69. The molecule has 1 N–H and O–H groups in total. The highest BCUT2D eigenvalue weighted by molar-refractivity contribution is 5.64. The second-order valence-electron chi connectivity index (χ2n) is 2.47. The molecule has 0 unspecified atom stereocenters. The molecule has 0 radical (unpaired) electrons. The van der Waals surface area contributed by atoms with Crippen molar-refractivity contribution in [3.8, 4) is 0 Å². The van der Waals surface area contributed by atoms with Gasteiger partial charge in [0.15, 0.2) is 0 Å². The highest BCUT2D eigenvalue weighted by atomic mass is 16.6. The molecule has 1 aromatic rings. The topological polar surface area (TPSA) is 98.3 Å². The number of nitro benzene ring substituents is 2. The van der Waals surface area contributed by atoms with Crippen LogP contribution < -0.4 is 5.32 Å². The van der Waals surface area contributed by atoms with Crippen molar-refractivity contribution >= 4 is 17.1 Å². The Morgan fingerprint density at radius 3 is 2.29 bits per heavy atom. The van der Waals surface area contributed by atoms with Gasteiger partial charge in [0.25, 0.3) is 11.4 Å². The molecule has 0 aromatic heterocycles. The zero-order valence-electron chi connectivity index (χ0n) is 7.26. The molecule has 0 saturated carbocycles. The van der Waals surface area contributed by atoms with Gasteiger partial charge in [0.1, 0.15) is 5.69 Å². The van der Waals surface area contributed by atoms with Crippen molar-refractivity contribution in [1.82, 2.24) is 0 Å². The SMILES string of the molecule is CNc1ccc([N+](=O)[O-])cc1[N+](=O)[O-]. The summed E-state index contributed by atoms with van der Waals surface area (Å²) in [4.78, 5) is 19.5. The molecule has 0 spiro atoms. The van der Waals surface area contributed by atoms with Gasteiger partial charge in [-0.15, -0.1) is 0 Å². The molecule has 0 fully saturated rings. The lowest BCUT2D eigenvalue weighted by Crippen LogP contribution is -1.98. The lowest BCUT2D eigenvalue weighted by molar-refractivity contribution is -0.393. The minimum atomic E-state index is -0.674. The number of hydrogen-bond acceptors (Lipinski definition) is 5. The molecular formula is C7H7N3O4. The first-order valence-corrected chi connectivity index (χ1v) is 3.67. The predicted molar refractivity (Wildman–Crippen MR) is 49.3 cm³/mol. The van der Waals surface area contributed by atoms with E-state index in [1.807, 2.05) is 0 Å². The van der Waals surface area contributed by atoms with Crippen LogP contribution in [0, 0.1) is 20.2 Å². The van der Waals surface area contributed by atoms with Crippen LogP contribution in [0.25, 0.3) is 0 Å². The molecule has 0 saturated heterocycles. The molecule has 0 heterocycles. The summed E-state index contributed by atoms with van der Waals surface area (Å²) in [6.07, 6.45) is 0. The van der Waals surface area contributed by atoms with E-state index >= 15 is 0 Å². The van der Waals surface area contributed by atoms with Crippen molar-refractivity contribution in [2.24, 2.45) is 0 Å². The van der Waals surface area contributed by atoms with E-state index in [2.05, 4.69) is 5.32 Å². The molecule has 7 heteroatoms. The van der Waals surface area contributed by atoms with Gasteiger partial charge in [0.05, 0.1) is 15.9 Å². The minimum Gasteiger partial charge on any atom is -0.383 e. The van der Waals surface area contributed by atoms with Crippen LogP contribution in [-0.2, 0) is 0 Å². The third-order valence-corrected chi connectivity index (χ3v) is 1.66. The van der Waals surface area contributed by atoms with E-state index in [-0.39, 0.29) is 17.1 Å². The van der Waals surface area contributed by atoms with E-state index in [1.165, 1.54) is 19.2 Å². The third-order valence-electron chi connectivity index (χ3n) is 1.66. The Kier molecular flexibility index (Phi) is 2.61. The Bertz CT molecular complexity index is 391. The maximum Gasteiger partial charge on any atom is 0.299 e. The highest BCUT2D eigenvalue weighted by Crippen LogP contribution is 2.28. The molecule has 0 bridgehead atoms. The molecule has 0 aliphatic rings. The van der Waals surface area contributed by atoms with E-state index in [0.717, 1.165) is 6.07 Å². The number of non-ortho nitro benzene ring substituents is 1. The predicted octanol–water partition coefficient (Wildman–Crippen LogP) is 1.54. The van der Waals surface area contributed by atoms with Crippen molar-refractivity contribution in [1.29, 1.82) is 0 Å². The van der Waals surface area contributed by atoms with E-state index in [1.54, 1.807) is 0 Å². The van der Waals surface area contributed by atoms with Crippen LogP contribution in [0.3, 0.4) is 0 Å². The maximum absolute atomic E-state index is 10.5. The average Bonchev–Trinajstić information content (AvgIpc) is 2.16. The summed E-state index contributed by atoms with van der Waals surface area (Å²) in [7, 11) is 1.51. The van der Waals surface area contributed by atoms with Gasteiger partial charge in [-0.05, 0) is 6.07 Å². The molecule has 0 amide bonds. The minimum absolute atomic E-state index is 0.251. The van der Waals surface area contributed by atoms with Crippen LogP contribution in [0.15, 0.2) is 18.2 Å². The van der Waals surface area contributed by atoms with Crippen LogP contribution in [0.4, 0.5) is 17.1 Å². The lowest BCUT2D eigenvalue weighted by atomic mass is 10.2. The van der Waals surface area contributed by atoms with E-state index in [9.17, 15) is 20.2 Å². The van der Waals surface area contributed by atoms with Crippen LogP contribution in [0.5, 0.6) is 0 Å². The first-order chi connectivity index (χ1) is 6.56. The van der Waals surface area contributed by atoms with Gasteiger partial charge in [0.2, 0.25) is 0 Å². The number of nitro groups is 2. The first-order valence-electron chi connectivity index (χ1n) is 3.67. The summed E-state index contributed by atoms with van der Waals surface area (Å²) < 4.78 is 0. The standard InChI is InChI=1S/C7H7N3O4/c1-8-6-3-2-5(9(11)12)4-7(6)10(13)14/h2-4,8H,1H3. The number of nitrogens with one attached hydrogen (secondary N) is 1. The monoisotopic (exact) mass is 197 g/mol. The molecular weight excluding hydrogens is 190 g/mol. The van der Waals surface area contributed by atoms with Crippen LogP contribution >= 0.6 is 0 Å². The largest absolute Gasteiger partial charge is 0.383 e. The quantitative estimate of drug-likeness (QED) is 0.585. The molecule has 0 aliphatic carbocycles. The third kappa shape index (κ3) is 1.76. The van der Waals surface area contributed by atoms with Gasteiger partial charge < -0.3 is 5.32 Å². The fourth-order valence-electron chi connectivity index (χ4n) is 0.996. The van der Waals surface area contributed by atoms with Crippen molar-refractivity contribution in [2.45, 2.75) is 0 Å². The Balaban J connectivity index is 3.27. The summed E-state index contributed by atoms with van der Waals surface area (Å²) in [6.45, 7) is 0. The average molecular weight is 197 g/mol. The fourth-order valence-corrected chi connectivity index (χ4v) is 0.996. The van der Waals surface area contributed by atoms with Crippen molar-refractivity contribution < 1.29 is 9.85 Å². The molecule has 0 aliphatic heterocycles. The Hall–Kier alpha value is -2.18. The first kappa shape index (κ1) is 9.90. The molecule has 1 rings (SSSR count). The van der Waals surface area contributed by atoms with Crippen LogP contribution in [0.2, 0.25) is 0 Å². The molecule has 7 nitrogen and oxygen atoms in total. The Morgan fingerprint density at radius 2 is 1.86 bits per heavy atom. The van der Waals surface area contributed by atoms with Gasteiger partial charge in [0, 0.05) is 13.1 Å². The summed E-state index contributed by atoms with van der Waals surface area (Å²) in [5.74, 6) is 0. The normalized spacial score (nSPS) is 9.50. The summed E-state index contributed by atoms with van der Waals surface area (Å²) in [6, 6.07) is 3.43. The lowest BCUT2D eigenvalue weighted by Gasteiger charge is -2.00. The number of hydrogen-bond donors (Lipinski definition) is 1. The summed E-state index contributed by atoms with van der Waals surface area (Å²) >= 11 is 0. The van der Waals surface area contributed by atoms with E-state index < -0.39 is 9.85 Å². The fraction of sp³-hybridized carbons (Fsp3) is 0.143. The maximum atomic E-state index is 10.5. The smallest absolute Gasteiger partial charge is 0.299 e. The van der Waals surface area contributed by atoms with Crippen molar-refractivity contribution in [2.75, 3.05) is 12.4 Å². The Morgan fingerprint density at radius 1 is 1.21 bits per heavy atom. The summed E-state index contributed by atoms with van der Waals surface area (Å²) in [5.41, 5.74) is -0.349. The zero-order chi connectivity index (χ0) is 10.7. The second-order valence-corrected chi connectivity index (χ2v) is 2.47. The number of rotatable bonds is 3.